The lowest BCUT2D eigenvalue weighted by Crippen LogP contribution is -2.31. The first-order valence-electron chi connectivity index (χ1n) is 7.16. The summed E-state index contributed by atoms with van der Waals surface area (Å²) in [7, 11) is 0. The van der Waals surface area contributed by atoms with Gasteiger partial charge in [-0.1, -0.05) is 23.8 Å². The monoisotopic (exact) mass is 282 g/mol. The van der Waals surface area contributed by atoms with Crippen molar-refractivity contribution in [2.75, 3.05) is 10.6 Å². The normalized spacial score (nSPS) is 11.8. The molecule has 1 amide bonds. The van der Waals surface area contributed by atoms with Gasteiger partial charge in [0.1, 0.15) is 6.04 Å². The van der Waals surface area contributed by atoms with E-state index in [1.54, 1.807) is 0 Å². The minimum Gasteiger partial charge on any atom is -0.374 e. The molecule has 0 aliphatic rings. The smallest absolute Gasteiger partial charge is 0.246 e. The van der Waals surface area contributed by atoms with Gasteiger partial charge in [0.05, 0.1) is 0 Å². The van der Waals surface area contributed by atoms with Crippen LogP contribution in [0, 0.1) is 20.8 Å². The Labute approximate surface area is 126 Å². The maximum Gasteiger partial charge on any atom is 0.246 e. The number of aryl methyl sites for hydroxylation is 3. The van der Waals surface area contributed by atoms with Crippen LogP contribution in [0.2, 0.25) is 0 Å². The molecule has 0 bridgehead atoms. The summed E-state index contributed by atoms with van der Waals surface area (Å²) in [6.07, 6.45) is 0. The van der Waals surface area contributed by atoms with Crippen molar-refractivity contribution in [2.24, 2.45) is 0 Å². The SMILES string of the molecule is Cc1ccc(NC(=O)C(C)Nc2cc(C)cc(C)c2)cc1. The molecule has 0 saturated heterocycles. The molecule has 0 fully saturated rings. The van der Waals surface area contributed by atoms with Crippen molar-refractivity contribution in [3.05, 3.63) is 59.2 Å². The highest BCUT2D eigenvalue weighted by molar-refractivity contribution is 5.96. The van der Waals surface area contributed by atoms with E-state index in [2.05, 4.69) is 30.5 Å². The number of anilines is 2. The van der Waals surface area contributed by atoms with E-state index < -0.39 is 0 Å². The fourth-order valence-electron chi connectivity index (χ4n) is 2.26. The predicted molar refractivity (Wildman–Crippen MR) is 88.8 cm³/mol. The van der Waals surface area contributed by atoms with Gasteiger partial charge in [-0.3, -0.25) is 4.79 Å². The average Bonchev–Trinajstić information content (AvgIpc) is 2.40. The molecule has 0 aromatic heterocycles. The summed E-state index contributed by atoms with van der Waals surface area (Å²) in [6, 6.07) is 13.7. The Morgan fingerprint density at radius 1 is 0.857 bits per heavy atom. The highest BCUT2D eigenvalue weighted by atomic mass is 16.2. The summed E-state index contributed by atoms with van der Waals surface area (Å²) in [4.78, 5) is 12.2. The van der Waals surface area contributed by atoms with Gasteiger partial charge < -0.3 is 10.6 Å². The van der Waals surface area contributed by atoms with Crippen LogP contribution in [-0.2, 0) is 4.79 Å². The quantitative estimate of drug-likeness (QED) is 0.888. The Kier molecular flexibility index (Phi) is 4.63. The first-order valence-corrected chi connectivity index (χ1v) is 7.16. The van der Waals surface area contributed by atoms with Crippen LogP contribution >= 0.6 is 0 Å². The van der Waals surface area contributed by atoms with Crippen molar-refractivity contribution in [1.29, 1.82) is 0 Å². The largest absolute Gasteiger partial charge is 0.374 e. The predicted octanol–water partition coefficient (Wildman–Crippen LogP) is 4.05. The van der Waals surface area contributed by atoms with Gasteiger partial charge in [-0.25, -0.2) is 0 Å². The molecular weight excluding hydrogens is 260 g/mol. The van der Waals surface area contributed by atoms with E-state index in [0.29, 0.717) is 0 Å². The van der Waals surface area contributed by atoms with Crippen molar-refractivity contribution in [3.63, 3.8) is 0 Å². The first kappa shape index (κ1) is 15.1. The lowest BCUT2D eigenvalue weighted by atomic mass is 10.1. The Balaban J connectivity index is 2.00. The second kappa shape index (κ2) is 6.44. The maximum absolute atomic E-state index is 12.2. The van der Waals surface area contributed by atoms with Crippen LogP contribution in [-0.4, -0.2) is 11.9 Å². The number of carbonyl (C=O) groups is 1. The van der Waals surface area contributed by atoms with E-state index in [4.69, 9.17) is 0 Å². The third-order valence-corrected chi connectivity index (χ3v) is 3.32. The lowest BCUT2D eigenvalue weighted by Gasteiger charge is -2.16. The molecule has 0 aliphatic heterocycles. The molecule has 2 N–H and O–H groups in total. The topological polar surface area (TPSA) is 41.1 Å². The molecular formula is C18H22N2O. The number of benzene rings is 2. The molecule has 0 spiro atoms. The summed E-state index contributed by atoms with van der Waals surface area (Å²) in [5, 5.41) is 6.16. The van der Waals surface area contributed by atoms with Crippen LogP contribution in [0.15, 0.2) is 42.5 Å². The number of rotatable bonds is 4. The highest BCUT2D eigenvalue weighted by Gasteiger charge is 2.13. The molecule has 0 aliphatic carbocycles. The molecule has 0 saturated carbocycles. The number of nitrogens with one attached hydrogen (secondary N) is 2. The molecule has 1 unspecified atom stereocenters. The van der Waals surface area contributed by atoms with Crippen LogP contribution in [0.1, 0.15) is 23.6 Å². The van der Waals surface area contributed by atoms with Gasteiger partial charge in [-0.15, -0.1) is 0 Å². The summed E-state index contributed by atoms with van der Waals surface area (Å²) < 4.78 is 0. The van der Waals surface area contributed by atoms with Crippen LogP contribution in [0.4, 0.5) is 11.4 Å². The molecule has 110 valence electrons. The molecule has 21 heavy (non-hydrogen) atoms. The van der Waals surface area contributed by atoms with Crippen molar-refractivity contribution < 1.29 is 4.79 Å². The van der Waals surface area contributed by atoms with Gasteiger partial charge in [-0.2, -0.15) is 0 Å². The Morgan fingerprint density at radius 2 is 1.43 bits per heavy atom. The molecule has 1 atom stereocenters. The second-order valence-electron chi connectivity index (χ2n) is 5.60. The second-order valence-corrected chi connectivity index (χ2v) is 5.60. The van der Waals surface area contributed by atoms with E-state index >= 15 is 0 Å². The Bertz CT molecular complexity index is 612. The van der Waals surface area contributed by atoms with E-state index in [0.717, 1.165) is 11.4 Å². The molecule has 2 rings (SSSR count). The zero-order valence-electron chi connectivity index (χ0n) is 13.0. The molecule has 3 nitrogen and oxygen atoms in total. The summed E-state index contributed by atoms with van der Waals surface area (Å²) >= 11 is 0. The van der Waals surface area contributed by atoms with Crippen LogP contribution < -0.4 is 10.6 Å². The van der Waals surface area contributed by atoms with Gasteiger partial charge in [-0.05, 0) is 63.1 Å². The van der Waals surface area contributed by atoms with Crippen molar-refractivity contribution in [2.45, 2.75) is 33.7 Å². The van der Waals surface area contributed by atoms with Crippen molar-refractivity contribution in [3.8, 4) is 0 Å². The first-order chi connectivity index (χ1) is 9.94. The van der Waals surface area contributed by atoms with Crippen LogP contribution in [0.3, 0.4) is 0 Å². The van der Waals surface area contributed by atoms with E-state index in [-0.39, 0.29) is 11.9 Å². The third-order valence-electron chi connectivity index (χ3n) is 3.32. The number of hydrogen-bond donors (Lipinski definition) is 2. The van der Waals surface area contributed by atoms with Crippen LogP contribution in [0.25, 0.3) is 0 Å². The van der Waals surface area contributed by atoms with Gasteiger partial charge in [0, 0.05) is 11.4 Å². The van der Waals surface area contributed by atoms with Crippen molar-refractivity contribution in [1.82, 2.24) is 0 Å². The van der Waals surface area contributed by atoms with Gasteiger partial charge in [0.2, 0.25) is 5.91 Å². The van der Waals surface area contributed by atoms with E-state index in [9.17, 15) is 4.79 Å². The minimum absolute atomic E-state index is 0.0435. The molecule has 0 heterocycles. The average molecular weight is 282 g/mol. The Hall–Kier alpha value is -2.29. The maximum atomic E-state index is 12.2. The lowest BCUT2D eigenvalue weighted by molar-refractivity contribution is -0.116. The molecule has 0 radical (unpaired) electrons. The zero-order chi connectivity index (χ0) is 15.4. The highest BCUT2D eigenvalue weighted by Crippen LogP contribution is 2.15. The van der Waals surface area contributed by atoms with Gasteiger partial charge >= 0.3 is 0 Å². The van der Waals surface area contributed by atoms with Crippen molar-refractivity contribution >= 4 is 17.3 Å². The molecule has 3 heteroatoms. The summed E-state index contributed by atoms with van der Waals surface area (Å²) in [5.74, 6) is -0.0435. The number of carbonyl (C=O) groups excluding carboxylic acids is 1. The standard InChI is InChI=1S/C18H22N2O/c1-12-5-7-16(8-6-12)20-18(21)15(4)19-17-10-13(2)9-14(3)11-17/h5-11,15,19H,1-4H3,(H,20,21). The molecule has 2 aromatic rings. The summed E-state index contributed by atoms with van der Waals surface area (Å²) in [5.41, 5.74) is 5.33. The fourth-order valence-corrected chi connectivity index (χ4v) is 2.26. The fraction of sp³-hybridized carbons (Fsp3) is 0.278. The number of amides is 1. The minimum atomic E-state index is -0.299. The van der Waals surface area contributed by atoms with Gasteiger partial charge in [0.25, 0.3) is 0 Å². The number of hydrogen-bond acceptors (Lipinski definition) is 2. The Morgan fingerprint density at radius 3 is 2.00 bits per heavy atom. The van der Waals surface area contributed by atoms with E-state index in [1.807, 2.05) is 50.2 Å². The van der Waals surface area contributed by atoms with Crippen LogP contribution in [0.5, 0.6) is 0 Å². The van der Waals surface area contributed by atoms with Gasteiger partial charge in [0.15, 0.2) is 0 Å². The third kappa shape index (κ3) is 4.35. The molecule has 2 aromatic carbocycles. The summed E-state index contributed by atoms with van der Waals surface area (Å²) in [6.45, 7) is 7.99. The zero-order valence-corrected chi connectivity index (χ0v) is 13.0. The van der Waals surface area contributed by atoms with E-state index in [1.165, 1.54) is 16.7 Å².